The van der Waals surface area contributed by atoms with E-state index in [9.17, 15) is 20.0 Å². The van der Waals surface area contributed by atoms with E-state index in [-0.39, 0.29) is 16.5 Å². The molecule has 1 amide bonds. The van der Waals surface area contributed by atoms with E-state index in [4.69, 9.17) is 0 Å². The van der Waals surface area contributed by atoms with Crippen LogP contribution in [-0.2, 0) is 0 Å². The summed E-state index contributed by atoms with van der Waals surface area (Å²) in [7, 11) is 0. The molecule has 0 unspecified atom stereocenters. The summed E-state index contributed by atoms with van der Waals surface area (Å²) in [6, 6.07) is 5.13. The molecule has 8 heteroatoms. The van der Waals surface area contributed by atoms with Gasteiger partial charge in [-0.1, -0.05) is 0 Å². The normalized spacial score (nSPS) is 10.2. The van der Waals surface area contributed by atoms with Gasteiger partial charge < -0.3 is 9.90 Å². The van der Waals surface area contributed by atoms with Gasteiger partial charge in [-0.2, -0.15) is 0 Å². The van der Waals surface area contributed by atoms with Gasteiger partial charge in [0.05, 0.1) is 16.3 Å². The Kier molecular flexibility index (Phi) is 3.43. The highest BCUT2D eigenvalue weighted by Gasteiger charge is 2.15. The van der Waals surface area contributed by atoms with E-state index < -0.39 is 11.0 Å². The Morgan fingerprint density at radius 3 is 2.42 bits per heavy atom. The molecule has 0 spiro atoms. The van der Waals surface area contributed by atoms with Crippen molar-refractivity contribution < 1.29 is 14.8 Å². The zero-order chi connectivity index (χ0) is 14.0. The Hall–Kier alpha value is -2.48. The van der Waals surface area contributed by atoms with Crippen LogP contribution in [0.2, 0.25) is 0 Å². The summed E-state index contributed by atoms with van der Waals surface area (Å²) in [5.74, 6) is 0. The number of carbonyl (C=O) groups is 1. The molecule has 0 fully saturated rings. The minimum absolute atomic E-state index is 0.114. The third kappa shape index (κ3) is 2.68. The van der Waals surface area contributed by atoms with Crippen molar-refractivity contribution in [2.45, 2.75) is 6.92 Å². The summed E-state index contributed by atoms with van der Waals surface area (Å²) in [4.78, 5) is 26.1. The molecule has 0 saturated carbocycles. The van der Waals surface area contributed by atoms with Crippen LogP contribution in [0.3, 0.4) is 0 Å². The van der Waals surface area contributed by atoms with Crippen LogP contribution >= 0.6 is 11.3 Å². The molecule has 0 aliphatic rings. The first-order valence-electron chi connectivity index (χ1n) is 5.16. The lowest BCUT2D eigenvalue weighted by atomic mass is 10.2. The standard InChI is InChI=1S/C11H9N3O4S/c1-7-6-19-10(12-7)13(11(15)16)8-2-4-9(5-3-8)14(17)18/h2-6H,1H3,(H,15,16)/p-1. The highest BCUT2D eigenvalue weighted by atomic mass is 32.1. The number of nitro benzene ring substituents is 1. The molecular formula is C11H8N3O4S-. The highest BCUT2D eigenvalue weighted by molar-refractivity contribution is 7.14. The SMILES string of the molecule is Cc1csc(N(C(=O)[O-])c2ccc([N+](=O)[O-])cc2)n1. The molecule has 2 rings (SSSR count). The van der Waals surface area contributed by atoms with E-state index in [1.54, 1.807) is 12.3 Å². The van der Waals surface area contributed by atoms with Gasteiger partial charge in [0.25, 0.3) is 5.69 Å². The number of non-ortho nitro benzene ring substituents is 1. The molecule has 2 aromatic rings. The molecule has 19 heavy (non-hydrogen) atoms. The van der Waals surface area contributed by atoms with Gasteiger partial charge in [0.2, 0.25) is 0 Å². The first kappa shape index (κ1) is 13.0. The van der Waals surface area contributed by atoms with Crippen molar-refractivity contribution in [1.29, 1.82) is 0 Å². The number of thiazole rings is 1. The Morgan fingerprint density at radius 1 is 1.37 bits per heavy atom. The molecule has 0 bridgehead atoms. The van der Waals surface area contributed by atoms with Crippen LogP contribution < -0.4 is 10.0 Å². The summed E-state index contributed by atoms with van der Waals surface area (Å²) in [6.45, 7) is 1.74. The maximum atomic E-state index is 11.2. The molecule has 1 heterocycles. The molecule has 0 N–H and O–H groups in total. The van der Waals surface area contributed by atoms with E-state index in [1.807, 2.05) is 0 Å². The molecule has 7 nitrogen and oxygen atoms in total. The number of aryl methyl sites for hydroxylation is 1. The van der Waals surface area contributed by atoms with E-state index in [0.717, 1.165) is 16.2 Å². The number of nitro groups is 1. The predicted octanol–water partition coefficient (Wildman–Crippen LogP) is 1.84. The van der Waals surface area contributed by atoms with Crippen molar-refractivity contribution >= 4 is 33.9 Å². The Bertz CT molecular complexity index is 623. The smallest absolute Gasteiger partial charge is 0.269 e. The fourth-order valence-corrected chi connectivity index (χ4v) is 2.27. The van der Waals surface area contributed by atoms with Gasteiger partial charge in [0.1, 0.15) is 6.09 Å². The Morgan fingerprint density at radius 2 is 2.00 bits per heavy atom. The van der Waals surface area contributed by atoms with Crippen LogP contribution in [-0.4, -0.2) is 16.0 Å². The molecule has 0 aliphatic heterocycles. The number of hydrogen-bond donors (Lipinski definition) is 0. The largest absolute Gasteiger partial charge is 0.529 e. The Balaban J connectivity index is 2.40. The molecule has 0 saturated heterocycles. The Labute approximate surface area is 111 Å². The summed E-state index contributed by atoms with van der Waals surface area (Å²) in [5, 5.41) is 23.7. The zero-order valence-corrected chi connectivity index (χ0v) is 10.6. The monoisotopic (exact) mass is 278 g/mol. The van der Waals surface area contributed by atoms with Gasteiger partial charge in [-0.15, -0.1) is 11.3 Å². The summed E-state index contributed by atoms with van der Waals surface area (Å²) in [5.41, 5.74) is 0.825. The lowest BCUT2D eigenvalue weighted by Gasteiger charge is -2.21. The van der Waals surface area contributed by atoms with Gasteiger partial charge in [-0.05, 0) is 19.1 Å². The third-order valence-electron chi connectivity index (χ3n) is 2.30. The summed E-state index contributed by atoms with van der Waals surface area (Å²) >= 11 is 1.15. The lowest BCUT2D eigenvalue weighted by molar-refractivity contribution is -0.384. The molecule has 1 aromatic carbocycles. The van der Waals surface area contributed by atoms with Gasteiger partial charge in [0.15, 0.2) is 5.13 Å². The van der Waals surface area contributed by atoms with Crippen molar-refractivity contribution in [2.24, 2.45) is 0 Å². The van der Waals surface area contributed by atoms with Crippen LogP contribution in [0.15, 0.2) is 29.6 Å². The van der Waals surface area contributed by atoms with Crippen LogP contribution in [0.1, 0.15) is 5.69 Å². The number of hydrogen-bond acceptors (Lipinski definition) is 6. The maximum absolute atomic E-state index is 11.2. The van der Waals surface area contributed by atoms with Crippen molar-refractivity contribution in [2.75, 3.05) is 4.90 Å². The second-order valence-electron chi connectivity index (χ2n) is 3.65. The maximum Gasteiger partial charge on any atom is 0.269 e. The van der Waals surface area contributed by atoms with Crippen molar-refractivity contribution in [1.82, 2.24) is 4.98 Å². The number of carbonyl (C=O) groups excluding carboxylic acids is 1. The van der Waals surface area contributed by atoms with Gasteiger partial charge in [0, 0.05) is 17.5 Å². The van der Waals surface area contributed by atoms with Crippen LogP contribution in [0, 0.1) is 17.0 Å². The molecular weight excluding hydrogens is 270 g/mol. The van der Waals surface area contributed by atoms with Crippen LogP contribution in [0.25, 0.3) is 0 Å². The predicted molar refractivity (Wildman–Crippen MR) is 67.5 cm³/mol. The minimum Gasteiger partial charge on any atom is -0.529 e. The number of carboxylic acid groups (broad SMARTS) is 1. The van der Waals surface area contributed by atoms with Crippen LogP contribution in [0.4, 0.5) is 21.3 Å². The molecule has 1 aromatic heterocycles. The lowest BCUT2D eigenvalue weighted by Crippen LogP contribution is -2.37. The number of aromatic nitrogens is 1. The minimum atomic E-state index is -1.44. The number of rotatable bonds is 3. The number of anilines is 2. The second kappa shape index (κ2) is 5.02. The average Bonchev–Trinajstić information content (AvgIpc) is 2.76. The average molecular weight is 278 g/mol. The number of amides is 1. The van der Waals surface area contributed by atoms with Gasteiger partial charge in [-0.25, -0.2) is 4.98 Å². The van der Waals surface area contributed by atoms with Crippen molar-refractivity contribution in [3.63, 3.8) is 0 Å². The molecule has 0 aliphatic carbocycles. The quantitative estimate of drug-likeness (QED) is 0.630. The molecule has 98 valence electrons. The second-order valence-corrected chi connectivity index (χ2v) is 4.48. The fourth-order valence-electron chi connectivity index (χ4n) is 1.46. The topological polar surface area (TPSA) is 99.4 Å². The number of nitrogens with zero attached hydrogens (tertiary/aromatic N) is 3. The van der Waals surface area contributed by atoms with Crippen LogP contribution in [0.5, 0.6) is 0 Å². The molecule has 0 radical (unpaired) electrons. The molecule has 0 atom stereocenters. The fraction of sp³-hybridized carbons (Fsp3) is 0.0909. The third-order valence-corrected chi connectivity index (χ3v) is 3.24. The van der Waals surface area contributed by atoms with Crippen molar-refractivity contribution in [3.05, 3.63) is 45.5 Å². The van der Waals surface area contributed by atoms with E-state index in [1.165, 1.54) is 24.3 Å². The summed E-state index contributed by atoms with van der Waals surface area (Å²) in [6.07, 6.45) is -1.44. The van der Waals surface area contributed by atoms with E-state index in [0.29, 0.717) is 5.69 Å². The van der Waals surface area contributed by atoms with Gasteiger partial charge >= 0.3 is 0 Å². The first-order chi connectivity index (χ1) is 8.99. The van der Waals surface area contributed by atoms with Crippen molar-refractivity contribution in [3.8, 4) is 0 Å². The van der Waals surface area contributed by atoms with E-state index in [2.05, 4.69) is 4.98 Å². The van der Waals surface area contributed by atoms with E-state index >= 15 is 0 Å². The summed E-state index contributed by atoms with van der Waals surface area (Å²) < 4.78 is 0. The van der Waals surface area contributed by atoms with Gasteiger partial charge in [-0.3, -0.25) is 15.0 Å². The number of benzene rings is 1. The highest BCUT2D eigenvalue weighted by Crippen LogP contribution is 2.29. The zero-order valence-electron chi connectivity index (χ0n) is 9.77. The first-order valence-corrected chi connectivity index (χ1v) is 6.04.